The summed E-state index contributed by atoms with van der Waals surface area (Å²) in [7, 11) is 0. The van der Waals surface area contributed by atoms with Crippen LogP contribution in [0.15, 0.2) is 48.5 Å². The Morgan fingerprint density at radius 1 is 0.824 bits per heavy atom. The Balaban J connectivity index is 1.89. The van der Waals surface area contributed by atoms with Crippen molar-refractivity contribution in [1.82, 2.24) is 0 Å². The first-order valence-corrected chi connectivity index (χ1v) is 11.6. The van der Waals surface area contributed by atoms with Crippen LogP contribution >= 0.6 is 0 Å². The summed E-state index contributed by atoms with van der Waals surface area (Å²) in [5.41, 5.74) is -0.951. The van der Waals surface area contributed by atoms with Gasteiger partial charge >= 0.3 is 5.97 Å². The number of ether oxygens (including phenoxy) is 7. The van der Waals surface area contributed by atoms with Crippen molar-refractivity contribution in [2.45, 2.75) is 26.4 Å². The van der Waals surface area contributed by atoms with Crippen LogP contribution in [0.3, 0.4) is 0 Å². The van der Waals surface area contributed by atoms with Crippen molar-refractivity contribution in [3.63, 3.8) is 0 Å². The first kappa shape index (κ1) is 25.6. The lowest BCUT2D eigenvalue weighted by Gasteiger charge is -2.37. The van der Waals surface area contributed by atoms with E-state index in [0.717, 1.165) is 0 Å². The molecule has 0 amide bonds. The quantitative estimate of drug-likeness (QED) is 0.604. The molecule has 2 aromatic rings. The molecule has 3 rings (SSSR count). The number of carbonyl (C=O) groups is 1. The molecule has 0 saturated heterocycles. The maximum absolute atomic E-state index is 12.1. The molecule has 0 saturated carbocycles. The highest BCUT2D eigenvalue weighted by molar-refractivity contribution is 5.70. The lowest BCUT2D eigenvalue weighted by atomic mass is 9.91. The summed E-state index contributed by atoms with van der Waals surface area (Å²) in [4.78, 5) is 12.1. The number of rotatable bonds is 5. The van der Waals surface area contributed by atoms with Crippen LogP contribution in [0.25, 0.3) is 0 Å². The fraction of sp³-hybridized carbons (Fsp3) is 0.500. The summed E-state index contributed by atoms with van der Waals surface area (Å²) in [5, 5.41) is 0. The van der Waals surface area contributed by atoms with E-state index in [9.17, 15) is 4.79 Å². The van der Waals surface area contributed by atoms with Gasteiger partial charge in [0.05, 0.1) is 19.8 Å². The molecular weight excluding hydrogens is 440 g/mol. The van der Waals surface area contributed by atoms with Crippen LogP contribution in [0.2, 0.25) is 0 Å². The molecule has 0 atom stereocenters. The van der Waals surface area contributed by atoms with E-state index in [-0.39, 0.29) is 32.3 Å². The molecule has 0 fully saturated rings. The van der Waals surface area contributed by atoms with Crippen molar-refractivity contribution in [2.75, 3.05) is 52.9 Å². The zero-order valence-electron chi connectivity index (χ0n) is 20.1. The van der Waals surface area contributed by atoms with Crippen LogP contribution in [-0.4, -0.2) is 64.4 Å². The van der Waals surface area contributed by atoms with E-state index in [4.69, 9.17) is 33.2 Å². The van der Waals surface area contributed by atoms with Gasteiger partial charge in [0.15, 0.2) is 23.0 Å². The summed E-state index contributed by atoms with van der Waals surface area (Å²) >= 11 is 0. The summed E-state index contributed by atoms with van der Waals surface area (Å²) in [6.07, 6.45) is 0. The second-order valence-electron chi connectivity index (χ2n) is 8.09. The molecule has 1 heterocycles. The Morgan fingerprint density at radius 2 is 1.29 bits per heavy atom. The maximum atomic E-state index is 12.1. The van der Waals surface area contributed by atoms with E-state index >= 15 is 0 Å². The lowest BCUT2D eigenvalue weighted by molar-refractivity contribution is -0.167. The molecule has 0 N–H and O–H groups in total. The van der Waals surface area contributed by atoms with Gasteiger partial charge in [-0.25, -0.2) is 4.79 Å². The van der Waals surface area contributed by atoms with Crippen LogP contribution in [-0.2, 0) is 19.0 Å². The van der Waals surface area contributed by atoms with E-state index in [1.807, 2.05) is 62.4 Å². The number of fused-ring (bicyclic) bond motifs is 2. The molecule has 8 heteroatoms. The number of benzene rings is 2. The second kappa shape index (κ2) is 13.1. The minimum atomic E-state index is -0.951. The number of hydrogen-bond acceptors (Lipinski definition) is 8. The molecule has 0 aromatic heterocycles. The summed E-state index contributed by atoms with van der Waals surface area (Å²) in [6, 6.07) is 14.8. The minimum absolute atomic E-state index is 0.0598. The van der Waals surface area contributed by atoms with Gasteiger partial charge in [-0.2, -0.15) is 0 Å². The van der Waals surface area contributed by atoms with Gasteiger partial charge in [-0.15, -0.1) is 0 Å². The largest absolute Gasteiger partial charge is 0.487 e. The molecule has 8 nitrogen and oxygen atoms in total. The zero-order valence-corrected chi connectivity index (χ0v) is 20.1. The Morgan fingerprint density at radius 3 is 1.74 bits per heavy atom. The van der Waals surface area contributed by atoms with Gasteiger partial charge in [0, 0.05) is 0 Å². The maximum Gasteiger partial charge on any atom is 0.332 e. The van der Waals surface area contributed by atoms with Crippen LogP contribution in [0.4, 0.5) is 0 Å². The van der Waals surface area contributed by atoms with Gasteiger partial charge in [0.1, 0.15) is 38.6 Å². The van der Waals surface area contributed by atoms with E-state index in [1.54, 1.807) is 6.92 Å². The third-order valence-electron chi connectivity index (χ3n) is 5.45. The van der Waals surface area contributed by atoms with Gasteiger partial charge in [0.25, 0.3) is 0 Å². The van der Waals surface area contributed by atoms with E-state index < -0.39 is 11.6 Å². The Kier molecular flexibility index (Phi) is 9.85. The smallest absolute Gasteiger partial charge is 0.332 e. The fourth-order valence-electron chi connectivity index (χ4n) is 3.33. The number of esters is 1. The standard InChI is InChI=1S/C26H34O8/c1-4-29-25(27)17-34-26(20(2)3)18-32-23-11-7-5-9-21(23)30-15-13-28-14-16-31-22-10-6-8-12-24(22)33-19-26/h5-12,20H,4,13-19H2,1-3H3. The molecule has 34 heavy (non-hydrogen) atoms. The number of para-hydroxylation sites is 4. The molecule has 0 bridgehead atoms. The summed E-state index contributed by atoms with van der Waals surface area (Å²) < 4.78 is 40.9. The monoisotopic (exact) mass is 474 g/mol. The molecule has 2 aromatic carbocycles. The Hall–Kier alpha value is -2.97. The van der Waals surface area contributed by atoms with Crippen molar-refractivity contribution in [3.05, 3.63) is 48.5 Å². The van der Waals surface area contributed by atoms with Crippen molar-refractivity contribution in [2.24, 2.45) is 5.92 Å². The third-order valence-corrected chi connectivity index (χ3v) is 5.45. The van der Waals surface area contributed by atoms with Gasteiger partial charge in [0.2, 0.25) is 0 Å². The molecule has 1 aliphatic heterocycles. The third kappa shape index (κ3) is 7.27. The first-order chi connectivity index (χ1) is 16.5. The summed E-state index contributed by atoms with van der Waals surface area (Å²) in [6.45, 7) is 7.64. The van der Waals surface area contributed by atoms with Gasteiger partial charge < -0.3 is 33.2 Å². The Bertz CT molecular complexity index is 842. The van der Waals surface area contributed by atoms with E-state index in [1.165, 1.54) is 0 Å². The number of carbonyl (C=O) groups excluding carboxylic acids is 1. The van der Waals surface area contributed by atoms with Gasteiger partial charge in [-0.1, -0.05) is 38.1 Å². The zero-order chi connectivity index (χ0) is 24.2. The predicted octanol–water partition coefficient (Wildman–Crippen LogP) is 3.91. The first-order valence-electron chi connectivity index (χ1n) is 11.6. The van der Waals surface area contributed by atoms with E-state index in [2.05, 4.69) is 0 Å². The second-order valence-corrected chi connectivity index (χ2v) is 8.09. The number of hydrogen-bond donors (Lipinski definition) is 0. The predicted molar refractivity (Wildman–Crippen MR) is 126 cm³/mol. The highest BCUT2D eigenvalue weighted by Gasteiger charge is 2.39. The average molecular weight is 475 g/mol. The van der Waals surface area contributed by atoms with Gasteiger partial charge in [-0.05, 0) is 37.1 Å². The SMILES string of the molecule is CCOC(=O)COC1(C(C)C)COc2ccccc2OCCOCCOc2ccccc2OC1. The van der Waals surface area contributed by atoms with Crippen molar-refractivity contribution < 1.29 is 38.0 Å². The highest BCUT2D eigenvalue weighted by atomic mass is 16.6. The van der Waals surface area contributed by atoms with Crippen LogP contribution < -0.4 is 18.9 Å². The Labute approximate surface area is 201 Å². The lowest BCUT2D eigenvalue weighted by Crippen LogP contribution is -2.50. The van der Waals surface area contributed by atoms with Crippen molar-refractivity contribution in [1.29, 1.82) is 0 Å². The molecule has 0 radical (unpaired) electrons. The van der Waals surface area contributed by atoms with Gasteiger partial charge in [-0.3, -0.25) is 0 Å². The summed E-state index contributed by atoms with van der Waals surface area (Å²) in [5.74, 6) is 1.84. The topological polar surface area (TPSA) is 81.7 Å². The molecule has 0 aliphatic carbocycles. The molecule has 0 spiro atoms. The molecule has 1 aliphatic rings. The van der Waals surface area contributed by atoms with Crippen molar-refractivity contribution >= 4 is 5.97 Å². The van der Waals surface area contributed by atoms with E-state index in [0.29, 0.717) is 49.4 Å². The highest BCUT2D eigenvalue weighted by Crippen LogP contribution is 2.33. The molecule has 186 valence electrons. The normalized spacial score (nSPS) is 16.6. The fourth-order valence-corrected chi connectivity index (χ4v) is 3.33. The molecular formula is C26H34O8. The van der Waals surface area contributed by atoms with Crippen LogP contribution in [0, 0.1) is 5.92 Å². The minimum Gasteiger partial charge on any atom is -0.487 e. The van der Waals surface area contributed by atoms with Crippen LogP contribution in [0.1, 0.15) is 20.8 Å². The molecule has 0 unspecified atom stereocenters. The average Bonchev–Trinajstić information content (AvgIpc) is 2.84. The van der Waals surface area contributed by atoms with Crippen LogP contribution in [0.5, 0.6) is 23.0 Å². The van der Waals surface area contributed by atoms with Crippen molar-refractivity contribution in [3.8, 4) is 23.0 Å².